The van der Waals surface area contributed by atoms with Gasteiger partial charge in [-0.15, -0.1) is 11.3 Å². The van der Waals surface area contributed by atoms with Gasteiger partial charge in [-0.1, -0.05) is 0 Å². The maximum Gasteiger partial charge on any atom is 0.260 e. The number of sulfonamides is 1. The van der Waals surface area contributed by atoms with E-state index < -0.39 is 20.8 Å². The zero-order valence-electron chi connectivity index (χ0n) is 12.0. The summed E-state index contributed by atoms with van der Waals surface area (Å²) in [7, 11) is -3.01. The van der Waals surface area contributed by atoms with Gasteiger partial charge in [-0.05, 0) is 13.3 Å². The Labute approximate surface area is 130 Å². The molecule has 0 aliphatic carbocycles. The van der Waals surface area contributed by atoms with Gasteiger partial charge in [-0.2, -0.15) is 0 Å². The molecule has 2 unspecified atom stereocenters. The summed E-state index contributed by atoms with van der Waals surface area (Å²) >= 11 is 1.37. The van der Waals surface area contributed by atoms with Crippen LogP contribution < -0.4 is 10.0 Å². The van der Waals surface area contributed by atoms with Crippen molar-refractivity contribution >= 4 is 42.9 Å². The molecule has 7 nitrogen and oxygen atoms in total. The fourth-order valence-corrected chi connectivity index (χ4v) is 4.93. The zero-order valence-corrected chi connectivity index (χ0v) is 14.4. The number of hydrogen-bond acceptors (Lipinski definition) is 6. The summed E-state index contributed by atoms with van der Waals surface area (Å²) < 4.78 is 40.4. The molecule has 2 atom stereocenters. The molecule has 0 fully saturated rings. The average molecular weight is 350 g/mol. The van der Waals surface area contributed by atoms with Crippen LogP contribution in [-0.2, 0) is 20.8 Å². The molecule has 2 heterocycles. The molecule has 0 aliphatic rings. The van der Waals surface area contributed by atoms with Crippen molar-refractivity contribution in [1.29, 1.82) is 0 Å². The number of imidazole rings is 1. The van der Waals surface area contributed by atoms with Crippen molar-refractivity contribution in [2.45, 2.75) is 24.4 Å². The van der Waals surface area contributed by atoms with Gasteiger partial charge < -0.3 is 5.32 Å². The predicted octanol–water partition coefficient (Wildman–Crippen LogP) is 0.873. The first-order valence-electron chi connectivity index (χ1n) is 6.31. The molecular weight excluding hydrogens is 332 g/mol. The molecule has 2 rings (SSSR count). The number of hydrogen-bond donors (Lipinski definition) is 2. The van der Waals surface area contributed by atoms with E-state index in [4.69, 9.17) is 0 Å². The van der Waals surface area contributed by atoms with Gasteiger partial charge >= 0.3 is 0 Å². The molecule has 118 valence electrons. The molecule has 0 aliphatic heterocycles. The summed E-state index contributed by atoms with van der Waals surface area (Å²) in [6.07, 6.45) is 3.79. The van der Waals surface area contributed by atoms with Crippen molar-refractivity contribution in [2.24, 2.45) is 0 Å². The van der Waals surface area contributed by atoms with E-state index in [9.17, 15) is 12.6 Å². The zero-order chi connectivity index (χ0) is 15.6. The standard InChI is InChI=1S/C11H18N4O3S3/c1-8(4-7-20(3)16)14-21(17,18)10-9(12-2)13-11-15(10)5-6-19-11/h5-6,8,12,14H,4,7H2,1-3H3. The van der Waals surface area contributed by atoms with E-state index in [1.54, 1.807) is 36.2 Å². The Morgan fingerprint density at radius 2 is 2.24 bits per heavy atom. The lowest BCUT2D eigenvalue weighted by Gasteiger charge is -2.13. The molecule has 0 spiro atoms. The summed E-state index contributed by atoms with van der Waals surface area (Å²) in [5.41, 5.74) is 0. The van der Waals surface area contributed by atoms with Crippen LogP contribution >= 0.6 is 11.3 Å². The normalized spacial score (nSPS) is 15.2. The van der Waals surface area contributed by atoms with E-state index >= 15 is 0 Å². The quantitative estimate of drug-likeness (QED) is 0.773. The second kappa shape index (κ2) is 6.42. The van der Waals surface area contributed by atoms with Crippen LogP contribution in [0.2, 0.25) is 0 Å². The third-order valence-corrected chi connectivity index (χ3v) is 6.08. The first-order chi connectivity index (χ1) is 9.85. The molecule has 0 amide bonds. The van der Waals surface area contributed by atoms with E-state index in [1.165, 1.54) is 11.3 Å². The van der Waals surface area contributed by atoms with Crippen molar-refractivity contribution in [3.63, 3.8) is 0 Å². The number of fused-ring (bicyclic) bond motifs is 1. The SMILES string of the molecule is CNc1nc2sccn2c1S(=O)(=O)NC(C)CCS(C)=O. The minimum atomic E-state index is -3.71. The third-order valence-electron chi connectivity index (χ3n) is 2.90. The smallest absolute Gasteiger partial charge is 0.260 e. The van der Waals surface area contributed by atoms with Crippen molar-refractivity contribution in [3.05, 3.63) is 11.6 Å². The largest absolute Gasteiger partial charge is 0.371 e. The van der Waals surface area contributed by atoms with Gasteiger partial charge in [0, 0.05) is 47.5 Å². The van der Waals surface area contributed by atoms with Gasteiger partial charge in [0.05, 0.1) is 0 Å². The van der Waals surface area contributed by atoms with E-state index in [2.05, 4.69) is 15.0 Å². The summed E-state index contributed by atoms with van der Waals surface area (Å²) in [6, 6.07) is -0.298. The van der Waals surface area contributed by atoms with Crippen molar-refractivity contribution < 1.29 is 12.6 Å². The average Bonchev–Trinajstić information content (AvgIpc) is 2.94. The molecular formula is C11H18N4O3S3. The number of rotatable bonds is 7. The maximum atomic E-state index is 12.6. The number of nitrogens with one attached hydrogen (secondary N) is 2. The lowest BCUT2D eigenvalue weighted by molar-refractivity contribution is 0.552. The van der Waals surface area contributed by atoms with Gasteiger partial charge in [0.1, 0.15) is 0 Å². The van der Waals surface area contributed by atoms with Gasteiger partial charge in [0.2, 0.25) is 0 Å². The maximum absolute atomic E-state index is 12.6. The summed E-state index contributed by atoms with van der Waals surface area (Å²) in [6.45, 7) is 1.76. The Kier molecular flexibility index (Phi) is 5.02. The van der Waals surface area contributed by atoms with Gasteiger partial charge in [-0.25, -0.2) is 18.1 Å². The van der Waals surface area contributed by atoms with E-state index in [1.807, 2.05) is 0 Å². The number of thiazole rings is 1. The van der Waals surface area contributed by atoms with E-state index in [0.717, 1.165) is 0 Å². The van der Waals surface area contributed by atoms with Crippen LogP contribution in [0.1, 0.15) is 13.3 Å². The lowest BCUT2D eigenvalue weighted by Crippen LogP contribution is -2.34. The van der Waals surface area contributed by atoms with Crippen molar-refractivity contribution in [1.82, 2.24) is 14.1 Å². The highest BCUT2D eigenvalue weighted by Crippen LogP contribution is 2.25. The minimum absolute atomic E-state index is 0.103. The molecule has 0 saturated carbocycles. The highest BCUT2D eigenvalue weighted by atomic mass is 32.2. The van der Waals surface area contributed by atoms with E-state index in [-0.39, 0.29) is 11.1 Å². The molecule has 2 aromatic rings. The summed E-state index contributed by atoms with van der Waals surface area (Å²) in [5.74, 6) is 0.781. The third kappa shape index (κ3) is 3.62. The number of aromatic nitrogens is 2. The second-order valence-corrected chi connectivity index (χ2v) is 8.72. The molecule has 21 heavy (non-hydrogen) atoms. The van der Waals surface area contributed by atoms with Crippen LogP contribution in [0, 0.1) is 0 Å². The molecule has 0 radical (unpaired) electrons. The van der Waals surface area contributed by atoms with E-state index in [0.29, 0.717) is 23.0 Å². The Morgan fingerprint density at radius 1 is 1.52 bits per heavy atom. The number of anilines is 1. The van der Waals surface area contributed by atoms with Crippen LogP contribution in [0.3, 0.4) is 0 Å². The highest BCUT2D eigenvalue weighted by Gasteiger charge is 2.26. The lowest BCUT2D eigenvalue weighted by atomic mass is 10.3. The predicted molar refractivity (Wildman–Crippen MR) is 85.9 cm³/mol. The summed E-state index contributed by atoms with van der Waals surface area (Å²) in [4.78, 5) is 4.85. The molecule has 0 saturated heterocycles. The molecule has 2 N–H and O–H groups in total. The first kappa shape index (κ1) is 16.4. The van der Waals surface area contributed by atoms with Gasteiger partial charge in [0.25, 0.3) is 10.0 Å². The van der Waals surface area contributed by atoms with Crippen LogP contribution in [0.5, 0.6) is 0 Å². The fourth-order valence-electron chi connectivity index (χ4n) is 1.91. The topological polar surface area (TPSA) is 92.6 Å². The Balaban J connectivity index is 2.28. The van der Waals surface area contributed by atoms with Crippen molar-refractivity contribution in [2.75, 3.05) is 24.4 Å². The molecule has 0 aromatic carbocycles. The van der Waals surface area contributed by atoms with Crippen LogP contribution in [0.25, 0.3) is 4.96 Å². The summed E-state index contributed by atoms with van der Waals surface area (Å²) in [5, 5.41) is 4.69. The fraction of sp³-hybridized carbons (Fsp3) is 0.545. The molecule has 0 bridgehead atoms. The molecule has 2 aromatic heterocycles. The van der Waals surface area contributed by atoms with Crippen molar-refractivity contribution in [3.8, 4) is 0 Å². The Bertz CT molecular complexity index is 750. The number of nitrogens with zero attached hydrogens (tertiary/aromatic N) is 2. The van der Waals surface area contributed by atoms with Crippen LogP contribution in [0.15, 0.2) is 16.6 Å². The highest BCUT2D eigenvalue weighted by molar-refractivity contribution is 7.89. The van der Waals surface area contributed by atoms with Crippen LogP contribution in [-0.4, -0.2) is 47.1 Å². The molecule has 10 heteroatoms. The van der Waals surface area contributed by atoms with Crippen LogP contribution in [0.4, 0.5) is 5.82 Å². The Morgan fingerprint density at radius 3 is 2.86 bits per heavy atom. The van der Waals surface area contributed by atoms with Gasteiger partial charge in [0.15, 0.2) is 15.8 Å². The first-order valence-corrected chi connectivity index (χ1v) is 10.4. The van der Waals surface area contributed by atoms with Gasteiger partial charge in [-0.3, -0.25) is 8.61 Å². The monoisotopic (exact) mass is 350 g/mol. The minimum Gasteiger partial charge on any atom is -0.371 e. The second-order valence-electron chi connectivity index (χ2n) is 4.66. The Hall–Kier alpha value is -0.970.